The zero-order valence-corrected chi connectivity index (χ0v) is 8.58. The molecule has 5 heteroatoms. The lowest BCUT2D eigenvalue weighted by atomic mass is 10.2. The average Bonchev–Trinajstić information content (AvgIpc) is 1.93. The molecule has 0 N–H and O–H groups in total. The first-order valence-electron chi connectivity index (χ1n) is 3.87. The summed E-state index contributed by atoms with van der Waals surface area (Å²) in [6.45, 7) is 1.52. The summed E-state index contributed by atoms with van der Waals surface area (Å²) in [4.78, 5) is 10.7. The van der Waals surface area contributed by atoms with Crippen LogP contribution in [-0.4, -0.2) is 30.3 Å². The number of carbonyl (C=O) groups is 1. The van der Waals surface area contributed by atoms with Gasteiger partial charge < -0.3 is 0 Å². The fraction of sp³-hybridized carbons (Fsp3) is 0.857. The van der Waals surface area contributed by atoms with Gasteiger partial charge in [0.05, 0.1) is 11.5 Å². The van der Waals surface area contributed by atoms with Crippen LogP contribution >= 0.6 is 11.8 Å². The van der Waals surface area contributed by atoms with Crippen molar-refractivity contribution in [3.63, 3.8) is 0 Å². The Labute approximate surface area is 76.8 Å². The van der Waals surface area contributed by atoms with Crippen molar-refractivity contribution in [3.8, 4) is 0 Å². The van der Waals surface area contributed by atoms with Gasteiger partial charge in [0, 0.05) is 12.2 Å². The van der Waals surface area contributed by atoms with Gasteiger partial charge in [-0.2, -0.15) is 0 Å². The molecule has 1 aliphatic heterocycles. The molecule has 0 aromatic rings. The molecule has 1 rings (SSSR count). The molecule has 0 amide bonds. The zero-order chi connectivity index (χ0) is 9.19. The molecule has 3 nitrogen and oxygen atoms in total. The molecule has 0 saturated carbocycles. The summed E-state index contributed by atoms with van der Waals surface area (Å²) in [5.41, 5.74) is 0. The van der Waals surface area contributed by atoms with Gasteiger partial charge >= 0.3 is 0 Å². The molecular formula is C7H12O3S2. The van der Waals surface area contributed by atoms with Gasteiger partial charge in [0.1, 0.15) is 9.84 Å². The van der Waals surface area contributed by atoms with Gasteiger partial charge in [-0.1, -0.05) is 11.8 Å². The lowest BCUT2D eigenvalue weighted by molar-refractivity contribution is -0.109. The monoisotopic (exact) mass is 208 g/mol. The lowest BCUT2D eigenvalue weighted by Gasteiger charge is -2.19. The van der Waals surface area contributed by atoms with Crippen LogP contribution in [0.4, 0.5) is 0 Å². The minimum atomic E-state index is -2.78. The predicted octanol–water partition coefficient (Wildman–Crippen LogP) is 0.843. The van der Waals surface area contributed by atoms with Crippen molar-refractivity contribution in [2.24, 2.45) is 0 Å². The Bertz CT molecular complexity index is 254. The quantitative estimate of drug-likeness (QED) is 0.641. The molecule has 0 radical (unpaired) electrons. The van der Waals surface area contributed by atoms with Crippen LogP contribution in [0.15, 0.2) is 0 Å². The Balaban J connectivity index is 2.41. The van der Waals surface area contributed by atoms with Gasteiger partial charge in [-0.05, 0) is 12.8 Å². The number of sulfone groups is 1. The van der Waals surface area contributed by atoms with Crippen molar-refractivity contribution in [1.29, 1.82) is 0 Å². The second-order valence-electron chi connectivity index (χ2n) is 2.96. The van der Waals surface area contributed by atoms with Crippen molar-refractivity contribution in [2.45, 2.75) is 25.0 Å². The van der Waals surface area contributed by atoms with Crippen LogP contribution in [0.3, 0.4) is 0 Å². The maximum absolute atomic E-state index is 11.0. The van der Waals surface area contributed by atoms with Gasteiger partial charge in [0.25, 0.3) is 0 Å². The van der Waals surface area contributed by atoms with Gasteiger partial charge in [-0.15, -0.1) is 0 Å². The molecule has 0 unspecified atom stereocenters. The highest BCUT2D eigenvalue weighted by Gasteiger charge is 2.24. The molecule has 1 aliphatic rings. The molecule has 70 valence electrons. The first kappa shape index (κ1) is 10.1. The van der Waals surface area contributed by atoms with Gasteiger partial charge in [0.2, 0.25) is 0 Å². The van der Waals surface area contributed by atoms with Crippen LogP contribution in [0.25, 0.3) is 0 Å². The molecule has 0 atom stereocenters. The van der Waals surface area contributed by atoms with Crippen LogP contribution < -0.4 is 0 Å². The summed E-state index contributed by atoms with van der Waals surface area (Å²) in [5, 5.41) is 0.310. The van der Waals surface area contributed by atoms with E-state index in [9.17, 15) is 13.2 Å². The van der Waals surface area contributed by atoms with Gasteiger partial charge in [-0.25, -0.2) is 8.42 Å². The fourth-order valence-electron chi connectivity index (χ4n) is 1.22. The van der Waals surface area contributed by atoms with Crippen molar-refractivity contribution < 1.29 is 13.2 Å². The van der Waals surface area contributed by atoms with Crippen molar-refractivity contribution >= 4 is 26.7 Å². The van der Waals surface area contributed by atoms with Crippen LogP contribution in [0, 0.1) is 0 Å². The Morgan fingerprint density at radius 1 is 1.33 bits per heavy atom. The molecule has 1 saturated heterocycles. The van der Waals surface area contributed by atoms with E-state index in [0.717, 1.165) is 0 Å². The van der Waals surface area contributed by atoms with E-state index in [4.69, 9.17) is 0 Å². The maximum Gasteiger partial charge on any atom is 0.186 e. The van der Waals surface area contributed by atoms with E-state index in [0.29, 0.717) is 12.8 Å². The minimum Gasteiger partial charge on any atom is -0.288 e. The third kappa shape index (κ3) is 3.15. The van der Waals surface area contributed by atoms with Gasteiger partial charge in [0.15, 0.2) is 5.12 Å². The highest BCUT2D eigenvalue weighted by atomic mass is 32.2. The lowest BCUT2D eigenvalue weighted by Crippen LogP contribution is -2.25. The number of rotatable bonds is 1. The Morgan fingerprint density at radius 2 is 1.83 bits per heavy atom. The highest BCUT2D eigenvalue weighted by Crippen LogP contribution is 2.24. The van der Waals surface area contributed by atoms with E-state index < -0.39 is 9.84 Å². The Hall–Kier alpha value is -0.0300. The van der Waals surface area contributed by atoms with E-state index in [1.54, 1.807) is 0 Å². The zero-order valence-electron chi connectivity index (χ0n) is 6.95. The largest absolute Gasteiger partial charge is 0.288 e. The summed E-state index contributed by atoms with van der Waals surface area (Å²) in [6, 6.07) is 0. The summed E-state index contributed by atoms with van der Waals surface area (Å²) < 4.78 is 22.0. The molecule has 0 aromatic carbocycles. The molecule has 12 heavy (non-hydrogen) atoms. The van der Waals surface area contributed by atoms with Crippen molar-refractivity contribution in [2.75, 3.05) is 11.5 Å². The molecule has 0 aliphatic carbocycles. The molecule has 1 fully saturated rings. The second kappa shape index (κ2) is 3.79. The minimum absolute atomic E-state index is 0.0827. The second-order valence-corrected chi connectivity index (χ2v) is 6.74. The first-order valence-corrected chi connectivity index (χ1v) is 6.57. The van der Waals surface area contributed by atoms with E-state index >= 15 is 0 Å². The molecular weight excluding hydrogens is 196 g/mol. The Morgan fingerprint density at radius 3 is 2.25 bits per heavy atom. The standard InChI is InChI=1S/C7H12O3S2/c1-6(8)11-7-2-4-12(9,10)5-3-7/h7H,2-5H2,1H3. The third-order valence-corrected chi connectivity index (χ3v) is 4.69. The summed E-state index contributed by atoms with van der Waals surface area (Å²) in [5.74, 6) is 0.496. The van der Waals surface area contributed by atoms with Gasteiger partial charge in [-0.3, -0.25) is 4.79 Å². The van der Waals surface area contributed by atoms with E-state index in [-0.39, 0.29) is 21.9 Å². The van der Waals surface area contributed by atoms with E-state index in [1.807, 2.05) is 0 Å². The summed E-state index contributed by atoms with van der Waals surface area (Å²) >= 11 is 1.27. The van der Waals surface area contributed by atoms with Crippen LogP contribution in [0.1, 0.15) is 19.8 Å². The number of hydrogen-bond acceptors (Lipinski definition) is 4. The Kier molecular flexibility index (Phi) is 3.17. The van der Waals surface area contributed by atoms with Crippen molar-refractivity contribution in [1.82, 2.24) is 0 Å². The molecule has 0 aromatic heterocycles. The fourth-order valence-corrected chi connectivity index (χ4v) is 3.95. The number of thioether (sulfide) groups is 1. The normalized spacial score (nSPS) is 23.8. The summed E-state index contributed by atoms with van der Waals surface area (Å²) in [6.07, 6.45) is 1.26. The smallest absolute Gasteiger partial charge is 0.186 e. The van der Waals surface area contributed by atoms with Crippen molar-refractivity contribution in [3.05, 3.63) is 0 Å². The average molecular weight is 208 g/mol. The number of hydrogen-bond donors (Lipinski definition) is 0. The third-order valence-electron chi connectivity index (χ3n) is 1.83. The molecule has 0 spiro atoms. The first-order chi connectivity index (χ1) is 5.49. The van der Waals surface area contributed by atoms with E-state index in [1.165, 1.54) is 18.7 Å². The maximum atomic E-state index is 11.0. The molecule has 1 heterocycles. The molecule has 0 bridgehead atoms. The van der Waals surface area contributed by atoms with E-state index in [2.05, 4.69) is 0 Å². The highest BCUT2D eigenvalue weighted by molar-refractivity contribution is 8.14. The SMILES string of the molecule is CC(=O)SC1CCS(=O)(=O)CC1. The summed E-state index contributed by atoms with van der Waals surface area (Å²) in [7, 11) is -2.78. The van der Waals surface area contributed by atoms with Crippen LogP contribution in [-0.2, 0) is 14.6 Å². The van der Waals surface area contributed by atoms with Crippen LogP contribution in [0.2, 0.25) is 0 Å². The predicted molar refractivity (Wildman–Crippen MR) is 49.9 cm³/mol. The number of carbonyl (C=O) groups excluding carboxylic acids is 1. The topological polar surface area (TPSA) is 51.2 Å². The van der Waals surface area contributed by atoms with Crippen LogP contribution in [0.5, 0.6) is 0 Å².